The van der Waals surface area contributed by atoms with Gasteiger partial charge >= 0.3 is 0 Å². The number of para-hydroxylation sites is 8. The summed E-state index contributed by atoms with van der Waals surface area (Å²) in [5, 5.41) is 9.68. The van der Waals surface area contributed by atoms with Crippen LogP contribution in [0, 0.1) is 0 Å². The van der Waals surface area contributed by atoms with E-state index in [4.69, 9.17) is 0 Å². The van der Waals surface area contributed by atoms with Crippen LogP contribution in [-0.2, 0) is 0 Å². The fourth-order valence-electron chi connectivity index (χ4n) is 11.6. The highest BCUT2D eigenvalue weighted by molar-refractivity contribution is 6.26. The van der Waals surface area contributed by atoms with Gasteiger partial charge in [-0.05, 0) is 155 Å². The number of fused-ring (bicyclic) bond motifs is 8. The predicted octanol–water partition coefficient (Wildman–Crippen LogP) is 18.4. The Morgan fingerprint density at radius 3 is 1.19 bits per heavy atom. The van der Waals surface area contributed by atoms with Crippen LogP contribution < -0.4 is 19.6 Å². The van der Waals surface area contributed by atoms with Gasteiger partial charge in [-0.2, -0.15) is 0 Å². The van der Waals surface area contributed by atoms with Crippen molar-refractivity contribution >= 4 is 100.0 Å². The van der Waals surface area contributed by atoms with Gasteiger partial charge in [0, 0.05) is 25.5 Å². The van der Waals surface area contributed by atoms with Crippen LogP contribution in [0.5, 0.6) is 0 Å². The first-order chi connectivity index (χ1) is 34.6. The molecule has 0 spiro atoms. The molecule has 2 aliphatic rings. The summed E-state index contributed by atoms with van der Waals surface area (Å²) in [5.41, 5.74) is 18.7. The second-order valence-corrected chi connectivity index (χ2v) is 18.6. The minimum atomic E-state index is 1.11. The summed E-state index contributed by atoms with van der Waals surface area (Å²) < 4.78 is 0. The van der Waals surface area contributed by atoms with Crippen LogP contribution in [0.2, 0.25) is 0 Å². The normalized spacial score (nSPS) is 12.9. The lowest BCUT2D eigenvalue weighted by Crippen LogP contribution is -2.24. The number of hydrogen-bond acceptors (Lipinski definition) is 4. The third-order valence-electron chi connectivity index (χ3n) is 14.9. The maximum Gasteiger partial charge on any atom is 0.0699 e. The average molecular weight is 895 g/mol. The van der Waals surface area contributed by atoms with Crippen molar-refractivity contribution in [3.63, 3.8) is 0 Å². The molecule has 14 rings (SSSR count). The highest BCUT2D eigenvalue weighted by Gasteiger charge is 2.31. The third kappa shape index (κ3) is 6.03. The SMILES string of the molecule is CN1c2ccccc2N(c2ccc3c(-c4cccc5ccccc45)c4cc(N5c6ccccc6N(C)c6ccccc65)ccc4c(-c4ccccc4-c4ccc5ccccc5c4)c3c2)c2ccccc21. The number of anilines is 10. The molecule has 0 N–H and O–H groups in total. The Labute approximate surface area is 407 Å². The minimum Gasteiger partial charge on any atom is -0.341 e. The summed E-state index contributed by atoms with van der Waals surface area (Å²) in [7, 11) is 4.35. The topological polar surface area (TPSA) is 13.0 Å². The highest BCUT2D eigenvalue weighted by Crippen LogP contribution is 2.56. The molecular formula is C66H46N4. The van der Waals surface area contributed by atoms with Gasteiger partial charge in [0.25, 0.3) is 0 Å². The zero-order valence-electron chi connectivity index (χ0n) is 38.9. The van der Waals surface area contributed by atoms with Crippen LogP contribution in [0.4, 0.5) is 56.9 Å². The first kappa shape index (κ1) is 40.0. The van der Waals surface area contributed by atoms with Crippen molar-refractivity contribution in [1.82, 2.24) is 0 Å². The van der Waals surface area contributed by atoms with Gasteiger partial charge in [0.2, 0.25) is 0 Å². The van der Waals surface area contributed by atoms with Crippen molar-refractivity contribution in [1.29, 1.82) is 0 Å². The van der Waals surface area contributed by atoms with Gasteiger partial charge < -0.3 is 19.6 Å². The van der Waals surface area contributed by atoms with E-state index in [1.807, 2.05) is 0 Å². The van der Waals surface area contributed by atoms with Gasteiger partial charge in [0.15, 0.2) is 0 Å². The van der Waals surface area contributed by atoms with Crippen LogP contribution in [0.1, 0.15) is 0 Å². The quantitative estimate of drug-likeness (QED) is 0.160. The number of benzene rings is 12. The van der Waals surface area contributed by atoms with E-state index in [1.165, 1.54) is 87.8 Å². The number of hydrogen-bond donors (Lipinski definition) is 0. The van der Waals surface area contributed by atoms with Crippen LogP contribution in [0.3, 0.4) is 0 Å². The molecule has 330 valence electrons. The van der Waals surface area contributed by atoms with E-state index in [2.05, 4.69) is 276 Å². The molecule has 2 aliphatic heterocycles. The van der Waals surface area contributed by atoms with Gasteiger partial charge in [-0.25, -0.2) is 0 Å². The molecule has 12 aromatic rings. The summed E-state index contributed by atoms with van der Waals surface area (Å²) in [5.74, 6) is 0. The van der Waals surface area contributed by atoms with Crippen molar-refractivity contribution in [2.45, 2.75) is 0 Å². The molecule has 12 aromatic carbocycles. The van der Waals surface area contributed by atoms with E-state index in [1.54, 1.807) is 0 Å². The summed E-state index contributed by atoms with van der Waals surface area (Å²) in [6.45, 7) is 0. The van der Waals surface area contributed by atoms with E-state index < -0.39 is 0 Å². The van der Waals surface area contributed by atoms with Crippen LogP contribution >= 0.6 is 0 Å². The van der Waals surface area contributed by atoms with Crippen molar-refractivity contribution < 1.29 is 0 Å². The molecule has 0 saturated heterocycles. The summed E-state index contributed by atoms with van der Waals surface area (Å²) in [6.07, 6.45) is 0. The molecule has 0 fully saturated rings. The maximum absolute atomic E-state index is 2.47. The van der Waals surface area contributed by atoms with E-state index >= 15 is 0 Å². The molecule has 0 saturated carbocycles. The Kier molecular flexibility index (Phi) is 8.99. The minimum absolute atomic E-state index is 1.11. The molecule has 0 unspecified atom stereocenters. The molecule has 0 atom stereocenters. The Hall–Kier alpha value is -9.12. The number of nitrogens with zero attached hydrogens (tertiary/aromatic N) is 4. The Bertz CT molecular complexity index is 4000. The largest absolute Gasteiger partial charge is 0.341 e. The lowest BCUT2D eigenvalue weighted by molar-refractivity contribution is 1.13. The highest BCUT2D eigenvalue weighted by atomic mass is 15.3. The predicted molar refractivity (Wildman–Crippen MR) is 298 cm³/mol. The van der Waals surface area contributed by atoms with Crippen molar-refractivity contribution in [3.05, 3.63) is 243 Å². The molecule has 0 bridgehead atoms. The first-order valence-electron chi connectivity index (χ1n) is 24.1. The van der Waals surface area contributed by atoms with Crippen LogP contribution in [-0.4, -0.2) is 14.1 Å². The van der Waals surface area contributed by atoms with E-state index in [0.717, 1.165) is 45.5 Å². The summed E-state index contributed by atoms with van der Waals surface area (Å²) in [6, 6.07) is 89.8. The van der Waals surface area contributed by atoms with E-state index in [9.17, 15) is 0 Å². The first-order valence-corrected chi connectivity index (χ1v) is 24.1. The van der Waals surface area contributed by atoms with Gasteiger partial charge in [-0.15, -0.1) is 0 Å². The zero-order chi connectivity index (χ0) is 46.5. The average Bonchev–Trinajstić information content (AvgIpc) is 3.42. The van der Waals surface area contributed by atoms with E-state index in [-0.39, 0.29) is 0 Å². The van der Waals surface area contributed by atoms with Gasteiger partial charge in [-0.3, -0.25) is 0 Å². The molecule has 0 amide bonds. The van der Waals surface area contributed by atoms with Crippen LogP contribution in [0.15, 0.2) is 243 Å². The second-order valence-electron chi connectivity index (χ2n) is 18.6. The van der Waals surface area contributed by atoms with E-state index in [0.29, 0.717) is 0 Å². The Morgan fingerprint density at radius 2 is 0.643 bits per heavy atom. The zero-order valence-corrected chi connectivity index (χ0v) is 38.9. The molecule has 4 nitrogen and oxygen atoms in total. The van der Waals surface area contributed by atoms with Gasteiger partial charge in [0.05, 0.1) is 45.5 Å². The lowest BCUT2D eigenvalue weighted by atomic mass is 9.82. The fourth-order valence-corrected chi connectivity index (χ4v) is 11.6. The lowest BCUT2D eigenvalue weighted by Gasteiger charge is -2.39. The summed E-state index contributed by atoms with van der Waals surface area (Å²) in [4.78, 5) is 9.54. The maximum atomic E-state index is 2.47. The molecule has 0 aliphatic carbocycles. The third-order valence-corrected chi connectivity index (χ3v) is 14.9. The van der Waals surface area contributed by atoms with Gasteiger partial charge in [-0.1, -0.05) is 164 Å². The number of rotatable bonds is 5. The second kappa shape index (κ2) is 15.7. The van der Waals surface area contributed by atoms with Crippen molar-refractivity contribution in [2.24, 2.45) is 0 Å². The standard InChI is InChI=1S/C66H46N4/c1-67-57-26-9-13-30-61(57)69(62-31-14-10-27-58(62)67)47-37-39-54-55(41-47)65(51-24-8-7-23-50(51)46-35-34-43-18-3-4-20-45(43)40-46)53-38-36-48(42-56(53)66(54)52-25-17-21-44-19-5-6-22-49(44)52)70-63-32-15-11-28-59(63)68(2)60-29-12-16-33-64(60)70/h3-42H,1-2H3. The molecule has 70 heavy (non-hydrogen) atoms. The molecular weight excluding hydrogens is 849 g/mol. The smallest absolute Gasteiger partial charge is 0.0699 e. The van der Waals surface area contributed by atoms with Crippen molar-refractivity contribution in [2.75, 3.05) is 33.7 Å². The Balaban J connectivity index is 1.12. The monoisotopic (exact) mass is 894 g/mol. The molecule has 2 heterocycles. The molecule has 0 radical (unpaired) electrons. The Morgan fingerprint density at radius 1 is 0.243 bits per heavy atom. The summed E-state index contributed by atoms with van der Waals surface area (Å²) >= 11 is 0. The van der Waals surface area contributed by atoms with Crippen LogP contribution in [0.25, 0.3) is 76.5 Å². The fraction of sp³-hybridized carbons (Fsp3) is 0.0303. The molecule has 0 aromatic heterocycles. The van der Waals surface area contributed by atoms with Crippen molar-refractivity contribution in [3.8, 4) is 33.4 Å². The van der Waals surface area contributed by atoms with Gasteiger partial charge in [0.1, 0.15) is 0 Å². The molecule has 4 heteroatoms.